The third kappa shape index (κ3) is 2.49. The predicted octanol–water partition coefficient (Wildman–Crippen LogP) is -0.0466. The lowest BCUT2D eigenvalue weighted by atomic mass is 10.1. The molecule has 1 aromatic rings. The van der Waals surface area contributed by atoms with E-state index >= 15 is 0 Å². The maximum absolute atomic E-state index is 12.4. The minimum absolute atomic E-state index is 0.0331. The number of aliphatic imine (C=N–C) groups is 1. The molecule has 1 atom stereocenters. The lowest BCUT2D eigenvalue weighted by Crippen LogP contribution is -2.28. The number of hydrogen-bond acceptors (Lipinski definition) is 7. The second-order valence-corrected chi connectivity index (χ2v) is 6.12. The Bertz CT molecular complexity index is 689. The number of fused-ring (bicyclic) bond motifs is 1. The van der Waals surface area contributed by atoms with Crippen LogP contribution in [0.5, 0.6) is 0 Å². The third-order valence-corrected chi connectivity index (χ3v) is 4.34. The highest BCUT2D eigenvalue weighted by atomic mass is 32.2. The Morgan fingerprint density at radius 2 is 2.33 bits per heavy atom. The van der Waals surface area contributed by atoms with Gasteiger partial charge in [0, 0.05) is 18.4 Å². The minimum Gasteiger partial charge on any atom is -0.320 e. The average Bonchev–Trinajstić information content (AvgIpc) is 3.07. The highest BCUT2D eigenvalue weighted by Crippen LogP contribution is 2.25. The van der Waals surface area contributed by atoms with Crippen molar-refractivity contribution >= 4 is 27.8 Å². The summed E-state index contributed by atoms with van der Waals surface area (Å²) >= 11 is 0. The standard InChI is InChI=1S/C11H13N7O2S/c1-6(2)7-3-4-18-5-8(21(20)11(18)12-7)9(19)13-10-14-16-17-15-10/h3,5-6H,4H2,1-2H3,(H2,13,14,15,16,17,19). The molecule has 0 radical (unpaired) electrons. The van der Waals surface area contributed by atoms with Crippen LogP contribution in [0.3, 0.4) is 0 Å². The summed E-state index contributed by atoms with van der Waals surface area (Å²) in [5.74, 6) is -0.252. The van der Waals surface area contributed by atoms with Gasteiger partial charge < -0.3 is 4.90 Å². The van der Waals surface area contributed by atoms with E-state index in [0.29, 0.717) is 11.7 Å². The molecule has 0 aromatic carbocycles. The van der Waals surface area contributed by atoms with Crippen LogP contribution in [-0.2, 0) is 15.6 Å². The number of H-pyrrole nitrogens is 1. The van der Waals surface area contributed by atoms with Crippen LogP contribution >= 0.6 is 0 Å². The number of rotatable bonds is 3. The van der Waals surface area contributed by atoms with Gasteiger partial charge in [0.25, 0.3) is 11.9 Å². The largest absolute Gasteiger partial charge is 0.320 e. The van der Waals surface area contributed by atoms with Crippen LogP contribution in [0.1, 0.15) is 13.8 Å². The highest BCUT2D eigenvalue weighted by molar-refractivity contribution is 8.05. The molecule has 2 N–H and O–H groups in total. The van der Waals surface area contributed by atoms with E-state index < -0.39 is 16.7 Å². The van der Waals surface area contributed by atoms with Crippen molar-refractivity contribution in [3.63, 3.8) is 0 Å². The van der Waals surface area contributed by atoms with Crippen molar-refractivity contribution in [1.82, 2.24) is 25.5 Å². The summed E-state index contributed by atoms with van der Waals surface area (Å²) in [5, 5.41) is 15.6. The lowest BCUT2D eigenvalue weighted by Gasteiger charge is -2.20. The Morgan fingerprint density at radius 1 is 1.52 bits per heavy atom. The summed E-state index contributed by atoms with van der Waals surface area (Å²) in [5.41, 5.74) is 0.878. The van der Waals surface area contributed by atoms with Crippen LogP contribution in [0.4, 0.5) is 5.95 Å². The Balaban J connectivity index is 1.80. The van der Waals surface area contributed by atoms with Crippen LogP contribution in [0.15, 0.2) is 27.9 Å². The SMILES string of the molecule is CC(C)C1=CCN2C=C(C(=O)Nc3nn[nH]n3)S(=O)C2=N1. The van der Waals surface area contributed by atoms with Gasteiger partial charge in [0.15, 0.2) is 0 Å². The van der Waals surface area contributed by atoms with Crippen LogP contribution < -0.4 is 5.32 Å². The molecule has 1 unspecified atom stereocenters. The number of aromatic amines is 1. The fraction of sp³-hybridized carbons (Fsp3) is 0.364. The number of anilines is 1. The van der Waals surface area contributed by atoms with Gasteiger partial charge in [-0.2, -0.15) is 5.21 Å². The fourth-order valence-electron chi connectivity index (χ4n) is 1.92. The van der Waals surface area contributed by atoms with Gasteiger partial charge in [0.1, 0.15) is 15.7 Å². The van der Waals surface area contributed by atoms with Gasteiger partial charge in [0.05, 0.1) is 0 Å². The molecule has 0 saturated heterocycles. The topological polar surface area (TPSA) is 116 Å². The van der Waals surface area contributed by atoms with Crippen LogP contribution in [0.2, 0.25) is 0 Å². The van der Waals surface area contributed by atoms with Gasteiger partial charge >= 0.3 is 0 Å². The summed E-state index contributed by atoms with van der Waals surface area (Å²) in [6.45, 7) is 4.58. The Hall–Kier alpha value is -2.36. The van der Waals surface area contributed by atoms with Crippen molar-refractivity contribution in [3.05, 3.63) is 22.9 Å². The Labute approximate surface area is 122 Å². The molecule has 2 aliphatic rings. The Kier molecular flexibility index (Phi) is 3.37. The van der Waals surface area contributed by atoms with Crippen molar-refractivity contribution in [1.29, 1.82) is 0 Å². The van der Waals surface area contributed by atoms with Crippen molar-refractivity contribution in [2.24, 2.45) is 10.9 Å². The van der Waals surface area contributed by atoms with Crippen molar-refractivity contribution < 1.29 is 9.00 Å². The molecule has 3 heterocycles. The monoisotopic (exact) mass is 307 g/mol. The molecule has 21 heavy (non-hydrogen) atoms. The van der Waals surface area contributed by atoms with E-state index in [4.69, 9.17) is 0 Å². The molecule has 110 valence electrons. The summed E-state index contributed by atoms with van der Waals surface area (Å²) in [4.78, 5) is 18.3. The number of tetrazole rings is 1. The van der Waals surface area contributed by atoms with Gasteiger partial charge in [-0.25, -0.2) is 9.20 Å². The maximum atomic E-state index is 12.4. The molecule has 0 aliphatic carbocycles. The second-order valence-electron chi connectivity index (χ2n) is 4.78. The first-order chi connectivity index (χ1) is 10.1. The van der Waals surface area contributed by atoms with Gasteiger partial charge in [-0.3, -0.25) is 10.1 Å². The number of carbonyl (C=O) groups is 1. The molecule has 0 fully saturated rings. The molecule has 10 heteroatoms. The number of nitrogens with zero attached hydrogens (tertiary/aromatic N) is 5. The summed E-state index contributed by atoms with van der Waals surface area (Å²) in [7, 11) is -1.61. The molecule has 0 bridgehead atoms. The number of amidine groups is 1. The van der Waals surface area contributed by atoms with Crippen molar-refractivity contribution in [2.45, 2.75) is 13.8 Å². The van der Waals surface area contributed by atoms with E-state index in [9.17, 15) is 9.00 Å². The van der Waals surface area contributed by atoms with E-state index in [1.165, 1.54) is 6.20 Å². The number of hydrogen-bond donors (Lipinski definition) is 2. The predicted molar refractivity (Wildman–Crippen MR) is 76.1 cm³/mol. The summed E-state index contributed by atoms with van der Waals surface area (Å²) in [6, 6.07) is 0. The van der Waals surface area contributed by atoms with E-state index in [1.807, 2.05) is 19.9 Å². The molecule has 0 spiro atoms. The number of aromatic nitrogens is 4. The van der Waals surface area contributed by atoms with E-state index in [-0.39, 0.29) is 16.8 Å². The maximum Gasteiger partial charge on any atom is 0.270 e. The van der Waals surface area contributed by atoms with Crippen LogP contribution in [-0.4, -0.2) is 47.4 Å². The molecule has 1 amide bonds. The van der Waals surface area contributed by atoms with Gasteiger partial charge in [-0.1, -0.05) is 18.9 Å². The Morgan fingerprint density at radius 3 is 3.00 bits per heavy atom. The molecule has 2 aliphatic heterocycles. The zero-order valence-electron chi connectivity index (χ0n) is 11.4. The van der Waals surface area contributed by atoms with Crippen molar-refractivity contribution in [2.75, 3.05) is 11.9 Å². The molecule has 3 rings (SSSR count). The number of allylic oxidation sites excluding steroid dienone is 1. The number of amides is 1. The fourth-order valence-corrected chi connectivity index (χ4v) is 3.09. The average molecular weight is 307 g/mol. The quantitative estimate of drug-likeness (QED) is 0.809. The zero-order chi connectivity index (χ0) is 15.0. The van der Waals surface area contributed by atoms with Gasteiger partial charge in [-0.15, -0.1) is 5.10 Å². The number of nitrogens with one attached hydrogen (secondary N) is 2. The molecule has 1 aromatic heterocycles. The first-order valence-electron chi connectivity index (χ1n) is 6.30. The van der Waals surface area contributed by atoms with Crippen LogP contribution in [0.25, 0.3) is 0 Å². The van der Waals surface area contributed by atoms with Crippen LogP contribution in [0, 0.1) is 5.92 Å². The minimum atomic E-state index is -1.61. The second kappa shape index (κ2) is 5.20. The van der Waals surface area contributed by atoms with Crippen molar-refractivity contribution in [3.8, 4) is 0 Å². The van der Waals surface area contributed by atoms with E-state index in [0.717, 1.165) is 5.70 Å². The summed E-state index contributed by atoms with van der Waals surface area (Å²) in [6.07, 6.45) is 3.50. The first kappa shape index (κ1) is 13.6. The molecule has 0 saturated carbocycles. The third-order valence-electron chi connectivity index (χ3n) is 2.99. The normalized spacial score (nSPS) is 20.8. The van der Waals surface area contributed by atoms with E-state index in [2.05, 4.69) is 30.9 Å². The van der Waals surface area contributed by atoms with Gasteiger partial charge in [0.2, 0.25) is 5.17 Å². The smallest absolute Gasteiger partial charge is 0.270 e. The van der Waals surface area contributed by atoms with Gasteiger partial charge in [-0.05, 0) is 17.2 Å². The molecular formula is C11H13N7O2S. The highest BCUT2D eigenvalue weighted by Gasteiger charge is 2.34. The summed E-state index contributed by atoms with van der Waals surface area (Å²) < 4.78 is 12.4. The number of carbonyl (C=O) groups excluding carboxylic acids is 1. The first-order valence-corrected chi connectivity index (χ1v) is 7.45. The molecule has 9 nitrogen and oxygen atoms in total. The van der Waals surface area contributed by atoms with E-state index in [1.54, 1.807) is 4.90 Å². The molecular weight excluding hydrogens is 294 g/mol. The zero-order valence-corrected chi connectivity index (χ0v) is 12.2. The lowest BCUT2D eigenvalue weighted by molar-refractivity contribution is -0.112.